The lowest BCUT2D eigenvalue weighted by Gasteiger charge is -2.28. The predicted molar refractivity (Wildman–Crippen MR) is 81.9 cm³/mol. The second-order valence-corrected chi connectivity index (χ2v) is 5.99. The number of carbonyl (C=O) groups is 1. The van der Waals surface area contributed by atoms with Crippen LogP contribution in [0.15, 0.2) is 30.3 Å². The van der Waals surface area contributed by atoms with Gasteiger partial charge < -0.3 is 15.4 Å². The largest absolute Gasteiger partial charge is 0.376 e. The molecule has 3 atom stereocenters. The van der Waals surface area contributed by atoms with Crippen molar-refractivity contribution in [2.75, 3.05) is 19.7 Å². The Morgan fingerprint density at radius 2 is 2.10 bits per heavy atom. The van der Waals surface area contributed by atoms with Gasteiger partial charge in [-0.2, -0.15) is 0 Å². The van der Waals surface area contributed by atoms with Gasteiger partial charge in [-0.05, 0) is 37.8 Å². The number of benzene rings is 1. The number of piperidine rings is 1. The van der Waals surface area contributed by atoms with Crippen molar-refractivity contribution in [3.63, 3.8) is 0 Å². The van der Waals surface area contributed by atoms with Crippen molar-refractivity contribution in [3.05, 3.63) is 35.9 Å². The van der Waals surface area contributed by atoms with Gasteiger partial charge in [0.25, 0.3) is 0 Å². The van der Waals surface area contributed by atoms with Gasteiger partial charge in [0.1, 0.15) is 0 Å². The van der Waals surface area contributed by atoms with E-state index in [1.807, 2.05) is 18.2 Å². The van der Waals surface area contributed by atoms with E-state index in [0.29, 0.717) is 0 Å². The number of hydrogen-bond acceptors (Lipinski definition) is 3. The highest BCUT2D eigenvalue weighted by molar-refractivity contribution is 5.79. The van der Waals surface area contributed by atoms with Crippen LogP contribution in [0, 0.1) is 5.92 Å². The quantitative estimate of drug-likeness (QED) is 0.891. The highest BCUT2D eigenvalue weighted by Crippen LogP contribution is 2.27. The van der Waals surface area contributed by atoms with Gasteiger partial charge in [-0.25, -0.2) is 0 Å². The van der Waals surface area contributed by atoms with E-state index >= 15 is 0 Å². The zero-order valence-corrected chi connectivity index (χ0v) is 12.4. The predicted octanol–water partition coefficient (Wildman–Crippen LogP) is 2.02. The third-order valence-corrected chi connectivity index (χ3v) is 4.46. The first-order valence-electron chi connectivity index (χ1n) is 8.02. The molecule has 4 nitrogen and oxygen atoms in total. The van der Waals surface area contributed by atoms with E-state index in [9.17, 15) is 4.79 Å². The van der Waals surface area contributed by atoms with Crippen LogP contribution in [0.5, 0.6) is 0 Å². The summed E-state index contributed by atoms with van der Waals surface area (Å²) in [4.78, 5) is 12.5. The molecule has 2 fully saturated rings. The average molecular weight is 288 g/mol. The van der Waals surface area contributed by atoms with Crippen LogP contribution in [0.4, 0.5) is 0 Å². The van der Waals surface area contributed by atoms with Crippen LogP contribution in [0.2, 0.25) is 0 Å². The molecule has 1 amide bonds. The molecule has 2 aliphatic rings. The van der Waals surface area contributed by atoms with Crippen molar-refractivity contribution in [2.24, 2.45) is 5.92 Å². The number of nitrogens with one attached hydrogen (secondary N) is 2. The average Bonchev–Trinajstić information content (AvgIpc) is 3.08. The standard InChI is InChI=1S/C17H24N2O2/c20-17(14-8-4-10-18-12-14)19-16(15-9-5-11-21-15)13-6-2-1-3-7-13/h1-3,6-7,14-16,18H,4-5,8-12H2,(H,19,20). The minimum atomic E-state index is -0.0249. The summed E-state index contributed by atoms with van der Waals surface area (Å²) in [6, 6.07) is 10.2. The fourth-order valence-electron chi connectivity index (χ4n) is 3.26. The second kappa shape index (κ2) is 7.05. The lowest BCUT2D eigenvalue weighted by molar-refractivity contribution is -0.127. The van der Waals surface area contributed by atoms with Crippen molar-refractivity contribution >= 4 is 5.91 Å². The lowest BCUT2D eigenvalue weighted by Crippen LogP contribution is -2.44. The van der Waals surface area contributed by atoms with Crippen molar-refractivity contribution in [3.8, 4) is 0 Å². The molecule has 3 rings (SSSR count). The number of rotatable bonds is 4. The molecule has 0 saturated carbocycles. The van der Waals surface area contributed by atoms with Crippen LogP contribution in [-0.2, 0) is 9.53 Å². The van der Waals surface area contributed by atoms with E-state index in [1.165, 1.54) is 0 Å². The summed E-state index contributed by atoms with van der Waals surface area (Å²) in [6.07, 6.45) is 4.25. The minimum Gasteiger partial charge on any atom is -0.376 e. The van der Waals surface area contributed by atoms with Crippen LogP contribution in [-0.4, -0.2) is 31.7 Å². The van der Waals surface area contributed by atoms with Crippen molar-refractivity contribution in [1.29, 1.82) is 0 Å². The summed E-state index contributed by atoms with van der Waals surface area (Å²) in [7, 11) is 0. The number of carbonyl (C=O) groups excluding carboxylic acids is 1. The minimum absolute atomic E-state index is 0.0249. The topological polar surface area (TPSA) is 50.4 Å². The fraction of sp³-hybridized carbons (Fsp3) is 0.588. The Morgan fingerprint density at radius 1 is 1.24 bits per heavy atom. The summed E-state index contributed by atoms with van der Waals surface area (Å²) < 4.78 is 5.83. The molecule has 1 aromatic rings. The Hall–Kier alpha value is -1.39. The number of ether oxygens (including phenoxy) is 1. The normalized spacial score (nSPS) is 27.2. The molecule has 4 heteroatoms. The molecule has 0 spiro atoms. The molecule has 114 valence electrons. The maximum absolute atomic E-state index is 12.5. The van der Waals surface area contributed by atoms with Crippen LogP contribution in [0.1, 0.15) is 37.3 Å². The molecule has 0 radical (unpaired) electrons. The summed E-state index contributed by atoms with van der Waals surface area (Å²) >= 11 is 0. The monoisotopic (exact) mass is 288 g/mol. The second-order valence-electron chi connectivity index (χ2n) is 5.99. The van der Waals surface area contributed by atoms with Gasteiger partial charge in [0.15, 0.2) is 0 Å². The van der Waals surface area contributed by atoms with Crippen LogP contribution in [0.25, 0.3) is 0 Å². The van der Waals surface area contributed by atoms with Crippen LogP contribution >= 0.6 is 0 Å². The molecule has 2 N–H and O–H groups in total. The summed E-state index contributed by atoms with van der Waals surface area (Å²) in [5.74, 6) is 0.248. The van der Waals surface area contributed by atoms with Gasteiger partial charge in [0.05, 0.1) is 18.1 Å². The molecule has 21 heavy (non-hydrogen) atoms. The van der Waals surface area contributed by atoms with Gasteiger partial charge in [-0.3, -0.25) is 4.79 Å². The Kier molecular flexibility index (Phi) is 4.88. The van der Waals surface area contributed by atoms with Gasteiger partial charge >= 0.3 is 0 Å². The van der Waals surface area contributed by atoms with E-state index in [-0.39, 0.29) is 24.0 Å². The molecular formula is C17H24N2O2. The third-order valence-electron chi connectivity index (χ3n) is 4.46. The highest BCUT2D eigenvalue weighted by atomic mass is 16.5. The summed E-state index contributed by atoms with van der Waals surface area (Å²) in [5.41, 5.74) is 1.14. The third kappa shape index (κ3) is 3.63. The lowest BCUT2D eigenvalue weighted by atomic mass is 9.95. The summed E-state index contributed by atoms with van der Waals surface area (Å²) in [6.45, 7) is 2.62. The Labute approximate surface area is 126 Å². The Balaban J connectivity index is 1.71. The van der Waals surface area contributed by atoms with Gasteiger partial charge in [-0.15, -0.1) is 0 Å². The molecule has 1 aromatic carbocycles. The molecule has 2 aliphatic heterocycles. The first-order valence-corrected chi connectivity index (χ1v) is 8.02. The SMILES string of the molecule is O=C(NC(c1ccccc1)C1CCCO1)C1CCCNC1. The van der Waals surface area contributed by atoms with E-state index in [2.05, 4.69) is 22.8 Å². The van der Waals surface area contributed by atoms with E-state index in [0.717, 1.165) is 50.9 Å². The highest BCUT2D eigenvalue weighted by Gasteiger charge is 2.31. The molecule has 2 saturated heterocycles. The summed E-state index contributed by atoms with van der Waals surface area (Å²) in [5, 5.41) is 6.55. The van der Waals surface area contributed by atoms with Gasteiger partial charge in [0, 0.05) is 13.2 Å². The van der Waals surface area contributed by atoms with Crippen molar-refractivity contribution < 1.29 is 9.53 Å². The van der Waals surface area contributed by atoms with Crippen molar-refractivity contribution in [2.45, 2.75) is 37.8 Å². The maximum atomic E-state index is 12.5. The zero-order chi connectivity index (χ0) is 14.5. The van der Waals surface area contributed by atoms with E-state index in [4.69, 9.17) is 4.74 Å². The zero-order valence-electron chi connectivity index (χ0n) is 12.4. The van der Waals surface area contributed by atoms with Gasteiger partial charge in [-0.1, -0.05) is 30.3 Å². The molecule has 0 bridgehead atoms. The first-order chi connectivity index (χ1) is 10.3. The molecular weight excluding hydrogens is 264 g/mol. The van der Waals surface area contributed by atoms with Crippen molar-refractivity contribution in [1.82, 2.24) is 10.6 Å². The molecule has 0 aliphatic carbocycles. The molecule has 0 aromatic heterocycles. The molecule has 2 heterocycles. The smallest absolute Gasteiger partial charge is 0.224 e. The van der Waals surface area contributed by atoms with E-state index in [1.54, 1.807) is 0 Å². The number of amides is 1. The van der Waals surface area contributed by atoms with Gasteiger partial charge in [0.2, 0.25) is 5.91 Å². The first kappa shape index (κ1) is 14.5. The Bertz CT molecular complexity index is 451. The molecule has 3 unspecified atom stereocenters. The maximum Gasteiger partial charge on any atom is 0.224 e. The number of hydrogen-bond donors (Lipinski definition) is 2. The Morgan fingerprint density at radius 3 is 2.76 bits per heavy atom. The van der Waals surface area contributed by atoms with E-state index < -0.39 is 0 Å². The van der Waals surface area contributed by atoms with Crippen LogP contribution in [0.3, 0.4) is 0 Å². The van der Waals surface area contributed by atoms with Crippen LogP contribution < -0.4 is 10.6 Å². The fourth-order valence-corrected chi connectivity index (χ4v) is 3.26.